The average molecular weight is 492 g/mol. The highest BCUT2D eigenvalue weighted by atomic mass is 16.5. The number of aryl methyl sites for hydroxylation is 2. The molecular weight excluding hydrogens is 462 g/mol. The Morgan fingerprint density at radius 1 is 0.676 bits per heavy atom. The van der Waals surface area contributed by atoms with Gasteiger partial charge < -0.3 is 9.47 Å². The maximum Gasteiger partial charge on any atom is 0.238 e. The van der Waals surface area contributed by atoms with Gasteiger partial charge in [0.15, 0.2) is 0 Å². The summed E-state index contributed by atoms with van der Waals surface area (Å²) < 4.78 is 10.8. The molecule has 2 bridgehead atoms. The first kappa shape index (κ1) is 23.3. The molecule has 3 aromatic rings. The summed E-state index contributed by atoms with van der Waals surface area (Å²) in [5, 5.41) is 0. The molecule has 6 rings (SSSR count). The minimum atomic E-state index is -0.384. The van der Waals surface area contributed by atoms with Crippen molar-refractivity contribution in [2.75, 3.05) is 19.1 Å². The van der Waals surface area contributed by atoms with Crippen molar-refractivity contribution in [1.29, 1.82) is 0 Å². The molecule has 2 amide bonds. The van der Waals surface area contributed by atoms with Gasteiger partial charge in [-0.15, -0.1) is 0 Å². The summed E-state index contributed by atoms with van der Waals surface area (Å²) in [4.78, 5) is 29.0. The van der Waals surface area contributed by atoms with E-state index in [2.05, 4.69) is 12.2 Å². The number of nitrogens with zero attached hydrogens (tertiary/aromatic N) is 1. The summed E-state index contributed by atoms with van der Waals surface area (Å²) in [5.41, 5.74) is 7.15. The lowest BCUT2D eigenvalue weighted by Gasteiger charge is -2.22. The number of allylic oxidation sites excluding steroid dienone is 3. The van der Waals surface area contributed by atoms with Gasteiger partial charge in [0.25, 0.3) is 0 Å². The number of methoxy groups -OCH3 is 2. The molecule has 0 radical (unpaired) electrons. The number of imide groups is 1. The predicted molar refractivity (Wildman–Crippen MR) is 144 cm³/mol. The molecule has 3 aliphatic rings. The third-order valence-electron chi connectivity index (χ3n) is 8.21. The lowest BCUT2D eigenvalue weighted by atomic mass is 9.85. The zero-order valence-electron chi connectivity index (χ0n) is 21.4. The van der Waals surface area contributed by atoms with Gasteiger partial charge in [-0.3, -0.25) is 9.59 Å². The topological polar surface area (TPSA) is 55.8 Å². The fourth-order valence-corrected chi connectivity index (χ4v) is 6.23. The van der Waals surface area contributed by atoms with Gasteiger partial charge in [-0.25, -0.2) is 4.90 Å². The second kappa shape index (κ2) is 8.77. The zero-order chi connectivity index (χ0) is 25.8. The molecule has 186 valence electrons. The van der Waals surface area contributed by atoms with Gasteiger partial charge in [0.05, 0.1) is 31.7 Å². The smallest absolute Gasteiger partial charge is 0.238 e. The summed E-state index contributed by atoms with van der Waals surface area (Å²) in [7, 11) is 3.30. The van der Waals surface area contributed by atoms with Crippen molar-refractivity contribution in [3.63, 3.8) is 0 Å². The molecule has 0 N–H and O–H groups in total. The Morgan fingerprint density at radius 3 is 1.59 bits per heavy atom. The van der Waals surface area contributed by atoms with Crippen LogP contribution in [0, 0.1) is 37.5 Å². The molecule has 37 heavy (non-hydrogen) atoms. The molecule has 2 fully saturated rings. The summed E-state index contributed by atoms with van der Waals surface area (Å²) in [6.07, 6.45) is 4.26. The van der Waals surface area contributed by atoms with Crippen LogP contribution in [0.5, 0.6) is 11.5 Å². The molecule has 1 heterocycles. The molecule has 0 aromatic heterocycles. The van der Waals surface area contributed by atoms with Crippen LogP contribution in [0.1, 0.15) is 22.3 Å². The summed E-state index contributed by atoms with van der Waals surface area (Å²) in [6, 6.07) is 21.8. The van der Waals surface area contributed by atoms with E-state index in [1.165, 1.54) is 4.90 Å². The van der Waals surface area contributed by atoms with Crippen molar-refractivity contribution in [3.8, 4) is 11.5 Å². The number of carbonyl (C=O) groups excluding carboxylic acids is 2. The molecule has 1 saturated heterocycles. The van der Waals surface area contributed by atoms with Crippen molar-refractivity contribution in [2.45, 2.75) is 13.8 Å². The van der Waals surface area contributed by atoms with Crippen LogP contribution in [0.4, 0.5) is 5.69 Å². The van der Waals surface area contributed by atoms with E-state index < -0.39 is 0 Å². The van der Waals surface area contributed by atoms with Crippen LogP contribution in [-0.2, 0) is 9.59 Å². The molecular formula is C32H29NO4. The van der Waals surface area contributed by atoms with Crippen LogP contribution < -0.4 is 14.4 Å². The average Bonchev–Trinajstić information content (AvgIpc) is 3.55. The number of anilines is 1. The number of hydrogen-bond donors (Lipinski definition) is 0. The highest BCUT2D eigenvalue weighted by molar-refractivity contribution is 6.23. The Hall–Kier alpha value is -4.12. The third kappa shape index (κ3) is 3.52. The van der Waals surface area contributed by atoms with E-state index in [-0.39, 0.29) is 35.5 Å². The van der Waals surface area contributed by atoms with Crippen LogP contribution in [0.15, 0.2) is 84.5 Å². The van der Waals surface area contributed by atoms with Gasteiger partial charge in [0.1, 0.15) is 11.5 Å². The van der Waals surface area contributed by atoms with Crippen LogP contribution >= 0.6 is 0 Å². The molecule has 2 aliphatic carbocycles. The van der Waals surface area contributed by atoms with Crippen LogP contribution in [0.2, 0.25) is 0 Å². The summed E-state index contributed by atoms with van der Waals surface area (Å²) in [6.45, 7) is 4.04. The largest absolute Gasteiger partial charge is 0.497 e. The highest BCUT2D eigenvalue weighted by Crippen LogP contribution is 2.59. The zero-order valence-corrected chi connectivity index (χ0v) is 21.4. The molecule has 5 nitrogen and oxygen atoms in total. The van der Waals surface area contributed by atoms with E-state index in [0.29, 0.717) is 5.69 Å². The Kier molecular flexibility index (Phi) is 5.52. The van der Waals surface area contributed by atoms with Gasteiger partial charge in [0.2, 0.25) is 11.8 Å². The van der Waals surface area contributed by atoms with Crippen LogP contribution in [0.25, 0.3) is 5.57 Å². The maximum absolute atomic E-state index is 13.8. The van der Waals surface area contributed by atoms with E-state index in [4.69, 9.17) is 9.47 Å². The number of carbonyl (C=O) groups is 2. The van der Waals surface area contributed by atoms with E-state index in [1.54, 1.807) is 14.2 Å². The van der Waals surface area contributed by atoms with Crippen LogP contribution in [-0.4, -0.2) is 26.0 Å². The van der Waals surface area contributed by atoms with Gasteiger partial charge >= 0.3 is 0 Å². The molecule has 5 heteroatoms. The van der Waals surface area contributed by atoms with Crippen molar-refractivity contribution in [1.82, 2.24) is 0 Å². The minimum absolute atomic E-state index is 0.101. The van der Waals surface area contributed by atoms with Crippen molar-refractivity contribution in [2.24, 2.45) is 23.7 Å². The van der Waals surface area contributed by atoms with Gasteiger partial charge in [-0.05, 0) is 83.6 Å². The van der Waals surface area contributed by atoms with E-state index >= 15 is 0 Å². The highest BCUT2D eigenvalue weighted by Gasteiger charge is 2.62. The monoisotopic (exact) mass is 491 g/mol. The van der Waals surface area contributed by atoms with Crippen molar-refractivity contribution >= 4 is 23.1 Å². The number of hydrogen-bond acceptors (Lipinski definition) is 4. The molecule has 0 spiro atoms. The maximum atomic E-state index is 13.8. The fourth-order valence-electron chi connectivity index (χ4n) is 6.23. The number of amides is 2. The van der Waals surface area contributed by atoms with E-state index in [1.807, 2.05) is 80.6 Å². The van der Waals surface area contributed by atoms with Crippen LogP contribution in [0.3, 0.4) is 0 Å². The van der Waals surface area contributed by atoms with Gasteiger partial charge in [-0.1, -0.05) is 42.5 Å². The first-order valence-corrected chi connectivity index (χ1v) is 12.6. The Morgan fingerprint density at radius 2 is 1.16 bits per heavy atom. The molecule has 1 aliphatic heterocycles. The van der Waals surface area contributed by atoms with E-state index in [9.17, 15) is 9.59 Å². The molecule has 4 unspecified atom stereocenters. The lowest BCUT2D eigenvalue weighted by molar-refractivity contribution is -0.122. The fraction of sp³-hybridized carbons (Fsp3) is 0.250. The quantitative estimate of drug-likeness (QED) is 0.337. The number of ether oxygens (including phenoxy) is 2. The van der Waals surface area contributed by atoms with Crippen molar-refractivity contribution < 1.29 is 19.1 Å². The first-order chi connectivity index (χ1) is 17.9. The third-order valence-corrected chi connectivity index (χ3v) is 8.21. The lowest BCUT2D eigenvalue weighted by Crippen LogP contribution is -2.33. The van der Waals surface area contributed by atoms with Crippen molar-refractivity contribution in [3.05, 3.63) is 107 Å². The second-order valence-corrected chi connectivity index (χ2v) is 10.1. The number of benzene rings is 3. The van der Waals surface area contributed by atoms with Gasteiger partial charge in [-0.2, -0.15) is 0 Å². The molecule has 3 aromatic carbocycles. The SMILES string of the molecule is COc1ccc(C(=C2C3C=CC2C2C(=O)N(c4ccc(C)c(C)c4)C(=O)C32)c2ccc(OC)cc2)cc1. The van der Waals surface area contributed by atoms with Gasteiger partial charge in [0, 0.05) is 11.8 Å². The Balaban J connectivity index is 1.47. The molecule has 4 atom stereocenters. The van der Waals surface area contributed by atoms with E-state index in [0.717, 1.165) is 44.9 Å². The molecule has 1 saturated carbocycles. The minimum Gasteiger partial charge on any atom is -0.497 e. The Labute approximate surface area is 217 Å². The summed E-state index contributed by atoms with van der Waals surface area (Å²) >= 11 is 0. The standard InChI is InChI=1S/C32H29NO4/c1-18-5-10-22(17-19(18)2)33-31(34)29-25-15-16-26(30(29)32(33)35)28(25)27(20-6-11-23(36-3)12-7-20)21-8-13-24(37-4)14-9-21/h5-17,25-26,29-30H,1-4H3. The normalized spacial score (nSPS) is 23.6. The Bertz CT molecular complexity index is 1380. The second-order valence-electron chi connectivity index (χ2n) is 10.1. The predicted octanol–water partition coefficient (Wildman–Crippen LogP) is 5.74. The summed E-state index contributed by atoms with van der Waals surface area (Å²) in [5.74, 6) is 0.344. The first-order valence-electron chi connectivity index (χ1n) is 12.6. The number of rotatable bonds is 5. The number of fused-ring (bicyclic) bond motifs is 5.